The van der Waals surface area contributed by atoms with Crippen LogP contribution in [0.5, 0.6) is 5.75 Å². The normalized spacial score (nSPS) is 10.6. The van der Waals surface area contributed by atoms with Gasteiger partial charge in [0.1, 0.15) is 17.1 Å². The molecule has 0 unspecified atom stereocenters. The molecule has 0 saturated heterocycles. The largest absolute Gasteiger partial charge is 0.495 e. The summed E-state index contributed by atoms with van der Waals surface area (Å²) in [6.45, 7) is 1.79. The molecule has 1 heterocycles. The highest BCUT2D eigenvalue weighted by Gasteiger charge is 2.18. The number of hydrogen-bond donors (Lipinski definition) is 1. The first-order valence-electron chi connectivity index (χ1n) is 6.63. The Labute approximate surface area is 122 Å². The van der Waals surface area contributed by atoms with Gasteiger partial charge in [0.25, 0.3) is 5.91 Å². The van der Waals surface area contributed by atoms with Crippen molar-refractivity contribution in [3.05, 3.63) is 59.9 Å². The first-order chi connectivity index (χ1) is 10.2. The number of furan rings is 1. The molecule has 0 saturated carbocycles. The molecule has 106 valence electrons. The molecule has 0 spiro atoms. The van der Waals surface area contributed by atoms with Gasteiger partial charge in [0, 0.05) is 5.39 Å². The molecule has 1 N–H and O–H groups in total. The molecule has 3 rings (SSSR count). The molecule has 1 amide bonds. The molecule has 0 bridgehead atoms. The Balaban J connectivity index is 1.99. The van der Waals surface area contributed by atoms with Crippen LogP contribution in [0.1, 0.15) is 16.1 Å². The summed E-state index contributed by atoms with van der Waals surface area (Å²) in [5.41, 5.74) is 1.89. The van der Waals surface area contributed by atoms with Crippen LogP contribution in [0.4, 0.5) is 5.69 Å². The third-order valence-corrected chi connectivity index (χ3v) is 3.35. The summed E-state index contributed by atoms with van der Waals surface area (Å²) >= 11 is 0. The Hall–Kier alpha value is -2.75. The van der Waals surface area contributed by atoms with Crippen LogP contribution >= 0.6 is 0 Å². The summed E-state index contributed by atoms with van der Waals surface area (Å²) in [4.78, 5) is 12.6. The van der Waals surface area contributed by atoms with Crippen molar-refractivity contribution in [1.29, 1.82) is 0 Å². The second-order valence-corrected chi connectivity index (χ2v) is 4.68. The third kappa shape index (κ3) is 2.36. The summed E-state index contributed by atoms with van der Waals surface area (Å²) in [6.07, 6.45) is 0. The van der Waals surface area contributed by atoms with Gasteiger partial charge in [0.15, 0.2) is 0 Å². The molecule has 0 aliphatic carbocycles. The van der Waals surface area contributed by atoms with Crippen molar-refractivity contribution in [2.45, 2.75) is 6.92 Å². The van der Waals surface area contributed by atoms with Crippen molar-refractivity contribution < 1.29 is 13.9 Å². The Bertz CT molecular complexity index is 805. The fourth-order valence-electron chi connectivity index (χ4n) is 2.38. The van der Waals surface area contributed by atoms with Crippen LogP contribution in [0.2, 0.25) is 0 Å². The molecule has 0 fully saturated rings. The molecule has 0 radical (unpaired) electrons. The van der Waals surface area contributed by atoms with Crippen LogP contribution in [-0.4, -0.2) is 13.0 Å². The summed E-state index contributed by atoms with van der Waals surface area (Å²) in [7, 11) is 1.57. The molecule has 0 aliphatic heterocycles. The van der Waals surface area contributed by atoms with Gasteiger partial charge in [-0.15, -0.1) is 0 Å². The van der Waals surface area contributed by atoms with Crippen LogP contribution in [0.25, 0.3) is 11.0 Å². The molecule has 1 aromatic heterocycles. The molecular weight excluding hydrogens is 266 g/mol. The van der Waals surface area contributed by atoms with Gasteiger partial charge in [-0.1, -0.05) is 30.3 Å². The zero-order chi connectivity index (χ0) is 14.8. The number of para-hydroxylation sites is 3. The lowest BCUT2D eigenvalue weighted by Gasteiger charge is -2.09. The number of amides is 1. The SMILES string of the molecule is COc1ccccc1NC(=O)c1c(C)oc2ccccc12. The maximum absolute atomic E-state index is 12.6. The van der Waals surface area contributed by atoms with E-state index in [1.54, 1.807) is 26.2 Å². The van der Waals surface area contributed by atoms with Crippen LogP contribution in [-0.2, 0) is 0 Å². The van der Waals surface area contributed by atoms with Gasteiger partial charge in [-0.05, 0) is 25.1 Å². The number of carbonyl (C=O) groups is 1. The van der Waals surface area contributed by atoms with Gasteiger partial charge in [0.05, 0.1) is 18.4 Å². The number of ether oxygens (including phenoxy) is 1. The number of aryl methyl sites for hydroxylation is 1. The van der Waals surface area contributed by atoms with Crippen molar-refractivity contribution >= 4 is 22.6 Å². The van der Waals surface area contributed by atoms with Gasteiger partial charge >= 0.3 is 0 Å². The number of benzene rings is 2. The summed E-state index contributed by atoms with van der Waals surface area (Å²) < 4.78 is 10.9. The minimum Gasteiger partial charge on any atom is -0.495 e. The smallest absolute Gasteiger partial charge is 0.259 e. The van der Waals surface area contributed by atoms with Gasteiger partial charge in [-0.25, -0.2) is 0 Å². The number of anilines is 1. The number of methoxy groups -OCH3 is 1. The standard InChI is InChI=1S/C17H15NO3/c1-11-16(12-7-3-5-9-14(12)21-11)17(19)18-13-8-4-6-10-15(13)20-2/h3-10H,1-2H3,(H,18,19). The van der Waals surface area contributed by atoms with Crippen LogP contribution in [0.3, 0.4) is 0 Å². The van der Waals surface area contributed by atoms with Gasteiger partial charge in [-0.3, -0.25) is 4.79 Å². The van der Waals surface area contributed by atoms with E-state index in [0.717, 1.165) is 5.39 Å². The molecular formula is C17H15NO3. The molecule has 3 aromatic rings. The fourth-order valence-corrected chi connectivity index (χ4v) is 2.38. The minimum absolute atomic E-state index is 0.207. The first-order valence-corrected chi connectivity index (χ1v) is 6.63. The Morgan fingerprint density at radius 2 is 1.81 bits per heavy atom. The lowest BCUT2D eigenvalue weighted by molar-refractivity contribution is 0.102. The second-order valence-electron chi connectivity index (χ2n) is 4.68. The summed E-state index contributed by atoms with van der Waals surface area (Å²) in [5, 5.41) is 3.68. The van der Waals surface area contributed by atoms with Gasteiger partial charge < -0.3 is 14.5 Å². The number of hydrogen-bond acceptors (Lipinski definition) is 3. The van der Waals surface area contributed by atoms with Crippen molar-refractivity contribution in [1.82, 2.24) is 0 Å². The highest BCUT2D eigenvalue weighted by Crippen LogP contribution is 2.28. The first kappa shape index (κ1) is 13.2. The van der Waals surface area contributed by atoms with E-state index in [1.165, 1.54) is 0 Å². The quantitative estimate of drug-likeness (QED) is 0.789. The van der Waals surface area contributed by atoms with Crippen LogP contribution in [0.15, 0.2) is 52.9 Å². The van der Waals surface area contributed by atoms with E-state index in [-0.39, 0.29) is 5.91 Å². The number of fused-ring (bicyclic) bond motifs is 1. The average molecular weight is 281 g/mol. The highest BCUT2D eigenvalue weighted by molar-refractivity contribution is 6.13. The predicted molar refractivity (Wildman–Crippen MR) is 81.9 cm³/mol. The zero-order valence-electron chi connectivity index (χ0n) is 11.8. The molecule has 4 heteroatoms. The van der Waals surface area contributed by atoms with Crippen molar-refractivity contribution in [2.75, 3.05) is 12.4 Å². The highest BCUT2D eigenvalue weighted by atomic mass is 16.5. The van der Waals surface area contributed by atoms with Crippen LogP contribution in [0, 0.1) is 6.92 Å². The van der Waals surface area contributed by atoms with E-state index in [2.05, 4.69) is 5.32 Å². The number of nitrogens with one attached hydrogen (secondary N) is 1. The topological polar surface area (TPSA) is 51.5 Å². The summed E-state index contributed by atoms with van der Waals surface area (Å²) in [6, 6.07) is 14.8. The van der Waals surface area contributed by atoms with Gasteiger partial charge in [0.2, 0.25) is 0 Å². The minimum atomic E-state index is -0.207. The van der Waals surface area contributed by atoms with E-state index in [4.69, 9.17) is 9.15 Å². The molecule has 0 atom stereocenters. The van der Waals surface area contributed by atoms with E-state index in [1.807, 2.05) is 36.4 Å². The molecule has 0 aliphatic rings. The average Bonchev–Trinajstić information content (AvgIpc) is 2.83. The zero-order valence-corrected chi connectivity index (χ0v) is 11.8. The van der Waals surface area contributed by atoms with Crippen molar-refractivity contribution in [3.63, 3.8) is 0 Å². The van der Waals surface area contributed by atoms with E-state index < -0.39 is 0 Å². The Morgan fingerprint density at radius 1 is 1.10 bits per heavy atom. The van der Waals surface area contributed by atoms with E-state index >= 15 is 0 Å². The van der Waals surface area contributed by atoms with Crippen molar-refractivity contribution in [3.8, 4) is 5.75 Å². The fraction of sp³-hybridized carbons (Fsp3) is 0.118. The third-order valence-electron chi connectivity index (χ3n) is 3.35. The Morgan fingerprint density at radius 3 is 2.62 bits per heavy atom. The lowest BCUT2D eigenvalue weighted by Crippen LogP contribution is -2.13. The maximum Gasteiger partial charge on any atom is 0.259 e. The van der Waals surface area contributed by atoms with Gasteiger partial charge in [-0.2, -0.15) is 0 Å². The maximum atomic E-state index is 12.6. The Kier molecular flexibility index (Phi) is 3.36. The second kappa shape index (κ2) is 5.32. The number of carbonyl (C=O) groups excluding carboxylic acids is 1. The van der Waals surface area contributed by atoms with E-state index in [9.17, 15) is 4.79 Å². The molecule has 21 heavy (non-hydrogen) atoms. The molecule has 2 aromatic carbocycles. The van der Waals surface area contributed by atoms with E-state index in [0.29, 0.717) is 28.3 Å². The van der Waals surface area contributed by atoms with Crippen LogP contribution < -0.4 is 10.1 Å². The molecule has 4 nitrogen and oxygen atoms in total. The monoisotopic (exact) mass is 281 g/mol. The summed E-state index contributed by atoms with van der Waals surface area (Å²) in [5.74, 6) is 1.02. The number of rotatable bonds is 3. The lowest BCUT2D eigenvalue weighted by atomic mass is 10.1. The van der Waals surface area contributed by atoms with Crippen molar-refractivity contribution in [2.24, 2.45) is 0 Å². The predicted octanol–water partition coefficient (Wildman–Crippen LogP) is 4.00.